The fourth-order valence-electron chi connectivity index (χ4n) is 9.33. The number of rotatable bonds is 13. The van der Waals surface area contributed by atoms with Crippen LogP contribution in [0.5, 0.6) is 28.7 Å². The molecule has 4 bridgehead atoms. The number of carboxylic acid groups (broad SMARTS) is 1. The van der Waals surface area contributed by atoms with Crippen molar-refractivity contribution in [1.29, 1.82) is 0 Å². The largest absolute Gasteiger partial charge is 0.487 e. The second-order valence-electron chi connectivity index (χ2n) is 16.1. The Balaban J connectivity index is 1.16. The molecule has 336 valence electrons. The van der Waals surface area contributed by atoms with Crippen LogP contribution in [-0.4, -0.2) is 124 Å². The van der Waals surface area contributed by atoms with Gasteiger partial charge in [0.05, 0.1) is 24.6 Å². The fourth-order valence-corrected chi connectivity index (χ4v) is 9.33. The van der Waals surface area contributed by atoms with Gasteiger partial charge in [-0.25, -0.2) is 0 Å². The predicted molar refractivity (Wildman–Crippen MR) is 220 cm³/mol. The van der Waals surface area contributed by atoms with Gasteiger partial charge in [-0.15, -0.1) is 0 Å². The van der Waals surface area contributed by atoms with Crippen LogP contribution in [0.25, 0.3) is 0 Å². The molecule has 0 aromatic heterocycles. The molecular weight excluding hydrogens is 837 g/mol. The third kappa shape index (κ3) is 7.93. The lowest BCUT2D eigenvalue weighted by molar-refractivity contribution is -0.867. The van der Waals surface area contributed by atoms with Crippen molar-refractivity contribution in [1.82, 2.24) is 0 Å². The van der Waals surface area contributed by atoms with Crippen molar-refractivity contribution in [2.24, 2.45) is 16.5 Å². The second-order valence-corrected chi connectivity index (χ2v) is 16.1. The lowest BCUT2D eigenvalue weighted by atomic mass is 9.76. The second kappa shape index (κ2) is 17.8. The molecule has 1 saturated heterocycles. The molecule has 6 aliphatic rings. The van der Waals surface area contributed by atoms with Crippen LogP contribution < -0.4 is 40.1 Å². The molecule has 9 rings (SSSR count). The number of nitrogens with two attached hydrogens (primary N) is 2. The molecule has 0 saturated carbocycles. The number of fused-ring (bicyclic) bond motifs is 3. The van der Waals surface area contributed by atoms with Crippen LogP contribution in [0.2, 0.25) is 0 Å². The third-order valence-corrected chi connectivity index (χ3v) is 12.2. The summed E-state index contributed by atoms with van der Waals surface area (Å²) in [5.74, 6) is 4.40. The van der Waals surface area contributed by atoms with Gasteiger partial charge in [-0.3, -0.25) is 19.5 Å². The van der Waals surface area contributed by atoms with Crippen LogP contribution in [0.15, 0.2) is 82.6 Å². The van der Waals surface area contributed by atoms with Gasteiger partial charge in [-0.05, 0) is 23.8 Å². The number of aliphatic hydroxyl groups excluding tert-OH is 5. The van der Waals surface area contributed by atoms with Crippen LogP contribution in [-0.2, 0) is 25.6 Å². The SMILES string of the molecule is NC(N)C(OC(=O)CC(=O)O)C1OC(Oc2cc(C[NH+]3CC4=CC=NC4=C3CO)c3c(c2)OC2C(c4ccccc4)C#CCCOc4c(OCO)ccc5c4OC3C52)C(O)C(O)C1O. The number of carbonyl (C=O) groups excluding carboxylic acids is 1. The first-order valence-electron chi connectivity index (χ1n) is 20.7. The monoisotopic (exact) mass is 883 g/mol. The number of quaternary nitrogens is 1. The summed E-state index contributed by atoms with van der Waals surface area (Å²) < 4.78 is 43.5. The van der Waals surface area contributed by atoms with E-state index in [4.69, 9.17) is 49.7 Å². The average molecular weight is 884 g/mol. The summed E-state index contributed by atoms with van der Waals surface area (Å²) in [6.07, 6.45) is -10.9. The summed E-state index contributed by atoms with van der Waals surface area (Å²) in [4.78, 5) is 29.0. The quantitative estimate of drug-likeness (QED) is 0.0430. The number of hydrogen-bond acceptors (Lipinski definition) is 17. The molecule has 0 radical (unpaired) electrons. The molecule has 64 heavy (non-hydrogen) atoms. The van der Waals surface area contributed by atoms with Gasteiger partial charge in [-0.1, -0.05) is 48.2 Å². The van der Waals surface area contributed by atoms with Crippen LogP contribution in [0.4, 0.5) is 0 Å². The number of aliphatic imine (C=N–C) groups is 1. The van der Waals surface area contributed by atoms with Gasteiger partial charge >= 0.3 is 11.9 Å². The first-order chi connectivity index (χ1) is 30.9. The summed E-state index contributed by atoms with van der Waals surface area (Å²) in [5.41, 5.74) is 17.1. The maximum Gasteiger partial charge on any atom is 0.317 e. The minimum Gasteiger partial charge on any atom is -0.487 e. The Hall–Kier alpha value is -6.05. The number of hydrogen-bond donors (Lipinski definition) is 9. The van der Waals surface area contributed by atoms with Crippen LogP contribution in [0.3, 0.4) is 0 Å². The molecule has 19 heteroatoms. The summed E-state index contributed by atoms with van der Waals surface area (Å²) in [6.45, 7) is 0.0641. The summed E-state index contributed by atoms with van der Waals surface area (Å²) >= 11 is 0. The van der Waals surface area contributed by atoms with Gasteiger partial charge in [0, 0.05) is 41.0 Å². The van der Waals surface area contributed by atoms with Crippen LogP contribution >= 0.6 is 0 Å². The van der Waals surface area contributed by atoms with Gasteiger partial charge < -0.3 is 75.3 Å². The minimum absolute atomic E-state index is 0.0738. The zero-order valence-corrected chi connectivity index (χ0v) is 34.1. The van der Waals surface area contributed by atoms with E-state index < -0.39 is 92.2 Å². The molecule has 6 aliphatic heterocycles. The first-order valence-corrected chi connectivity index (χ1v) is 20.7. The molecule has 3 aromatic rings. The van der Waals surface area contributed by atoms with E-state index in [1.807, 2.05) is 42.5 Å². The Morgan fingerprint density at radius 2 is 1.81 bits per heavy atom. The summed E-state index contributed by atoms with van der Waals surface area (Å²) in [6, 6.07) is 16.6. The van der Waals surface area contributed by atoms with E-state index in [1.165, 1.54) is 0 Å². The highest BCUT2D eigenvalue weighted by Gasteiger charge is 2.54. The number of carbonyl (C=O) groups is 2. The highest BCUT2D eigenvalue weighted by Crippen LogP contribution is 2.61. The van der Waals surface area contributed by atoms with E-state index in [9.17, 15) is 35.1 Å². The van der Waals surface area contributed by atoms with E-state index in [2.05, 4.69) is 16.8 Å². The van der Waals surface area contributed by atoms with Gasteiger partial charge in [0.15, 0.2) is 30.1 Å². The number of allylic oxidation sites excluding steroid dienone is 1. The molecule has 11 unspecified atom stereocenters. The number of carboxylic acids is 1. The van der Waals surface area contributed by atoms with Crippen molar-refractivity contribution < 1.29 is 78.3 Å². The molecule has 3 aromatic carbocycles. The van der Waals surface area contributed by atoms with Gasteiger partial charge in [-0.2, -0.15) is 0 Å². The normalized spacial score (nSPS) is 28.8. The number of nitrogens with zero attached hydrogens (tertiary/aromatic N) is 1. The molecule has 11 atom stereocenters. The topological polar surface area (TPSA) is 289 Å². The smallest absolute Gasteiger partial charge is 0.317 e. The highest BCUT2D eigenvalue weighted by molar-refractivity contribution is 5.90. The van der Waals surface area contributed by atoms with Gasteiger partial charge in [0.1, 0.15) is 79.9 Å². The number of benzene rings is 3. The number of esters is 1. The van der Waals surface area contributed by atoms with Crippen molar-refractivity contribution in [3.8, 4) is 40.6 Å². The van der Waals surface area contributed by atoms with Gasteiger partial charge in [0.25, 0.3) is 0 Å². The van der Waals surface area contributed by atoms with Crippen molar-refractivity contribution in [3.05, 3.63) is 99.9 Å². The number of ether oxygens (including phenoxy) is 7. The van der Waals surface area contributed by atoms with Gasteiger partial charge in [0.2, 0.25) is 12.0 Å². The third-order valence-electron chi connectivity index (χ3n) is 12.2. The van der Waals surface area contributed by atoms with Crippen LogP contribution in [0, 0.1) is 11.8 Å². The molecule has 1 fully saturated rings. The fraction of sp³-hybridized carbons (Fsp3) is 0.400. The Kier molecular flexibility index (Phi) is 12.0. The van der Waals surface area contributed by atoms with Crippen molar-refractivity contribution in [2.45, 2.75) is 86.4 Å². The molecule has 11 N–H and O–H groups in total. The van der Waals surface area contributed by atoms with Crippen LogP contribution in [0.1, 0.15) is 53.0 Å². The average Bonchev–Trinajstić information content (AvgIpc) is 3.98. The highest BCUT2D eigenvalue weighted by atomic mass is 16.7. The summed E-state index contributed by atoms with van der Waals surface area (Å²) in [7, 11) is 0. The zero-order chi connectivity index (χ0) is 44.8. The Labute approximate surface area is 365 Å². The molecule has 0 amide bonds. The Morgan fingerprint density at radius 3 is 2.56 bits per heavy atom. The number of nitrogens with one attached hydrogen (secondary N) is 1. The lowest BCUT2D eigenvalue weighted by Crippen LogP contribution is -3.08. The van der Waals surface area contributed by atoms with Crippen molar-refractivity contribution >= 4 is 18.2 Å². The molecule has 6 heterocycles. The maximum absolute atomic E-state index is 12.4. The van der Waals surface area contributed by atoms with Crippen molar-refractivity contribution in [3.63, 3.8) is 0 Å². The van der Waals surface area contributed by atoms with E-state index >= 15 is 0 Å². The first kappa shape index (κ1) is 43.2. The van der Waals surface area contributed by atoms with E-state index in [1.54, 1.807) is 24.4 Å². The Morgan fingerprint density at radius 1 is 1.00 bits per heavy atom. The molecular formula is C45H47N4O15+. The van der Waals surface area contributed by atoms with Crippen molar-refractivity contribution in [2.75, 3.05) is 26.6 Å². The zero-order valence-electron chi connectivity index (χ0n) is 34.1. The minimum atomic E-state index is -1.94. The number of aliphatic carboxylic acids is 1. The standard InChI is InChI=1S/C45H46N4O15/c46-44(47)43(62-31(54)16-30(52)53)42-36(56)35(55)37(57)45(64-42)60-24-14-23(18-49-17-22-11-12-48-34(22)27(49)19-50)32-29(15-24)61-38-25(21-6-2-1-3-7-21)8-4-5-13-58-40-28(59-20-51)10-9-26-33(38)41(32)63-39(26)40/h1-3,6-7,9-12,14-15,25,33,35-38,41-45,50-51,55-57H,5,13,16-20,46-47H2,(H,52,53)/p+1. The predicted octanol–water partition coefficient (Wildman–Crippen LogP) is -1.01. The Bertz CT molecular complexity index is 2470. The lowest BCUT2D eigenvalue weighted by Gasteiger charge is -2.43. The maximum atomic E-state index is 12.4. The van der Waals surface area contributed by atoms with E-state index in [-0.39, 0.29) is 31.3 Å². The van der Waals surface area contributed by atoms with E-state index in [0.29, 0.717) is 52.7 Å². The number of aliphatic hydroxyl groups is 5. The summed E-state index contributed by atoms with van der Waals surface area (Å²) in [5, 5.41) is 62.9. The van der Waals surface area contributed by atoms with E-state index in [0.717, 1.165) is 21.6 Å². The molecule has 0 spiro atoms. The molecule has 0 aliphatic carbocycles. The molecule has 19 nitrogen and oxygen atoms in total.